The molecule has 0 bridgehead atoms. The van der Waals surface area contributed by atoms with Crippen molar-refractivity contribution in [3.63, 3.8) is 0 Å². The third kappa shape index (κ3) is 2.94. The highest BCUT2D eigenvalue weighted by molar-refractivity contribution is 6.14. The number of rotatable bonds is 4. The zero-order chi connectivity index (χ0) is 17.1. The summed E-state index contributed by atoms with van der Waals surface area (Å²) in [5.41, 5.74) is 0.976. The first-order valence-corrected chi connectivity index (χ1v) is 6.91. The minimum Gasteiger partial charge on any atom is -0.479 e. The Kier molecular flexibility index (Phi) is 3.95. The van der Waals surface area contributed by atoms with Crippen molar-refractivity contribution < 1.29 is 19.2 Å². The van der Waals surface area contributed by atoms with E-state index in [9.17, 15) is 14.9 Å². The summed E-state index contributed by atoms with van der Waals surface area (Å²) in [5.74, 6) is 0.620. The average Bonchev–Trinajstić information content (AvgIpc) is 2.89. The zero-order valence-electron chi connectivity index (χ0n) is 12.3. The van der Waals surface area contributed by atoms with Crippen LogP contribution in [-0.2, 0) is 0 Å². The third-order valence-electron chi connectivity index (χ3n) is 3.35. The van der Waals surface area contributed by atoms with E-state index in [1.165, 1.54) is 30.3 Å². The number of ketones is 1. The Morgan fingerprint density at radius 3 is 2.67 bits per heavy atom. The number of allylic oxidation sites excluding steroid dienone is 1. The molecule has 2 aromatic carbocycles. The number of carbonyl (C=O) groups is 1. The Morgan fingerprint density at radius 1 is 1.25 bits per heavy atom. The van der Waals surface area contributed by atoms with Gasteiger partial charge in [0, 0.05) is 18.2 Å². The van der Waals surface area contributed by atoms with E-state index in [4.69, 9.17) is 14.7 Å². The van der Waals surface area contributed by atoms with Crippen LogP contribution in [0.3, 0.4) is 0 Å². The largest absolute Gasteiger partial charge is 0.479 e. The molecule has 0 amide bonds. The smallest absolute Gasteiger partial charge is 0.269 e. The second-order valence-electron chi connectivity index (χ2n) is 4.89. The molecule has 0 atom stereocenters. The van der Waals surface area contributed by atoms with Crippen LogP contribution in [0.1, 0.15) is 15.9 Å². The molecule has 1 aliphatic heterocycles. The van der Waals surface area contributed by atoms with Crippen molar-refractivity contribution in [1.29, 1.82) is 5.26 Å². The SMILES string of the molecule is N#CCOc1ccc2c(c1)O/C(=C\c1ccc([N+](=O)[O-])cc1)C2=O. The lowest BCUT2D eigenvalue weighted by Gasteiger charge is -2.03. The standard InChI is InChI=1S/C17H10N2O5/c18-7-8-23-13-5-6-14-15(10-13)24-16(17(14)20)9-11-1-3-12(4-2-11)19(21)22/h1-6,9-10H,8H2/b16-9-. The molecule has 3 rings (SSSR count). The number of nitriles is 1. The van der Waals surface area contributed by atoms with Gasteiger partial charge in [-0.2, -0.15) is 5.26 Å². The van der Waals surface area contributed by atoms with Crippen molar-refractivity contribution in [3.05, 3.63) is 69.5 Å². The van der Waals surface area contributed by atoms with Gasteiger partial charge in [0.1, 0.15) is 17.6 Å². The second kappa shape index (κ2) is 6.22. The molecule has 7 heteroatoms. The van der Waals surface area contributed by atoms with E-state index in [1.807, 2.05) is 6.07 Å². The summed E-state index contributed by atoms with van der Waals surface area (Å²) in [6.45, 7) is -0.0990. The average molecular weight is 322 g/mol. The molecule has 0 radical (unpaired) electrons. The highest BCUT2D eigenvalue weighted by atomic mass is 16.6. The summed E-state index contributed by atoms with van der Waals surface area (Å²) >= 11 is 0. The lowest BCUT2D eigenvalue weighted by atomic mass is 10.1. The maximum atomic E-state index is 12.3. The minimum atomic E-state index is -0.493. The quantitative estimate of drug-likeness (QED) is 0.487. The molecule has 1 heterocycles. The Morgan fingerprint density at radius 2 is 2.00 bits per heavy atom. The summed E-state index contributed by atoms with van der Waals surface area (Å²) in [4.78, 5) is 22.5. The van der Waals surface area contributed by atoms with Gasteiger partial charge in [-0.1, -0.05) is 0 Å². The van der Waals surface area contributed by atoms with Crippen LogP contribution in [0, 0.1) is 21.4 Å². The molecule has 118 valence electrons. The Labute approximate surface area is 136 Å². The highest BCUT2D eigenvalue weighted by Crippen LogP contribution is 2.34. The van der Waals surface area contributed by atoms with Gasteiger partial charge >= 0.3 is 0 Å². The van der Waals surface area contributed by atoms with E-state index in [2.05, 4.69) is 0 Å². The van der Waals surface area contributed by atoms with Crippen molar-refractivity contribution in [1.82, 2.24) is 0 Å². The van der Waals surface area contributed by atoms with Gasteiger partial charge in [-0.15, -0.1) is 0 Å². The van der Waals surface area contributed by atoms with Crippen LogP contribution >= 0.6 is 0 Å². The molecule has 0 N–H and O–H groups in total. The van der Waals surface area contributed by atoms with Gasteiger partial charge in [-0.05, 0) is 35.9 Å². The molecule has 0 unspecified atom stereocenters. The number of non-ortho nitro benzene ring substituents is 1. The summed E-state index contributed by atoms with van der Waals surface area (Å²) < 4.78 is 10.7. The zero-order valence-corrected chi connectivity index (χ0v) is 12.3. The predicted molar refractivity (Wildman–Crippen MR) is 83.6 cm³/mol. The van der Waals surface area contributed by atoms with Crippen molar-refractivity contribution in [2.24, 2.45) is 0 Å². The lowest BCUT2D eigenvalue weighted by molar-refractivity contribution is -0.384. The molecule has 0 fully saturated rings. The fourth-order valence-electron chi connectivity index (χ4n) is 2.22. The molecule has 7 nitrogen and oxygen atoms in total. The van der Waals surface area contributed by atoms with Gasteiger partial charge in [0.25, 0.3) is 5.69 Å². The van der Waals surface area contributed by atoms with Crippen LogP contribution < -0.4 is 9.47 Å². The first-order valence-electron chi connectivity index (χ1n) is 6.91. The van der Waals surface area contributed by atoms with Crippen molar-refractivity contribution in [2.75, 3.05) is 6.61 Å². The first kappa shape index (κ1) is 15.2. The maximum Gasteiger partial charge on any atom is 0.269 e. The number of Topliss-reactive ketones (excluding diaryl/α,β-unsaturated/α-hetero) is 1. The second-order valence-corrected chi connectivity index (χ2v) is 4.89. The van der Waals surface area contributed by atoms with Gasteiger partial charge in [-0.3, -0.25) is 14.9 Å². The van der Waals surface area contributed by atoms with E-state index in [0.717, 1.165) is 0 Å². The van der Waals surface area contributed by atoms with E-state index in [1.54, 1.807) is 18.2 Å². The molecule has 0 saturated carbocycles. The molecule has 24 heavy (non-hydrogen) atoms. The van der Waals surface area contributed by atoms with E-state index in [0.29, 0.717) is 22.6 Å². The number of nitrogens with zero attached hydrogens (tertiary/aromatic N) is 2. The highest BCUT2D eigenvalue weighted by Gasteiger charge is 2.27. The summed E-state index contributed by atoms with van der Waals surface area (Å²) in [6.07, 6.45) is 1.52. The molecule has 0 saturated heterocycles. The van der Waals surface area contributed by atoms with Crippen LogP contribution in [0.15, 0.2) is 48.2 Å². The van der Waals surface area contributed by atoms with Crippen LogP contribution in [-0.4, -0.2) is 17.3 Å². The number of hydrogen-bond donors (Lipinski definition) is 0. The monoisotopic (exact) mass is 322 g/mol. The maximum absolute atomic E-state index is 12.3. The molecule has 0 aliphatic carbocycles. The van der Waals surface area contributed by atoms with Gasteiger partial charge in [-0.25, -0.2) is 0 Å². The molecular formula is C17H10N2O5. The number of fused-ring (bicyclic) bond motifs is 1. The van der Waals surface area contributed by atoms with Crippen LogP contribution in [0.4, 0.5) is 5.69 Å². The van der Waals surface area contributed by atoms with E-state index < -0.39 is 4.92 Å². The molecule has 0 aromatic heterocycles. The van der Waals surface area contributed by atoms with Crippen LogP contribution in [0.5, 0.6) is 11.5 Å². The number of benzene rings is 2. The molecule has 0 spiro atoms. The Balaban J connectivity index is 1.84. The third-order valence-corrected chi connectivity index (χ3v) is 3.35. The Bertz CT molecular complexity index is 894. The number of carbonyl (C=O) groups excluding carboxylic acids is 1. The van der Waals surface area contributed by atoms with Gasteiger partial charge < -0.3 is 9.47 Å². The van der Waals surface area contributed by atoms with E-state index >= 15 is 0 Å². The fraction of sp³-hybridized carbons (Fsp3) is 0.0588. The summed E-state index contributed by atoms with van der Waals surface area (Å²) in [5, 5.41) is 19.2. The van der Waals surface area contributed by atoms with Crippen molar-refractivity contribution >= 4 is 17.5 Å². The summed E-state index contributed by atoms with van der Waals surface area (Å²) in [7, 11) is 0. The van der Waals surface area contributed by atoms with E-state index in [-0.39, 0.29) is 23.8 Å². The number of ether oxygens (including phenoxy) is 2. The van der Waals surface area contributed by atoms with Gasteiger partial charge in [0.05, 0.1) is 10.5 Å². The van der Waals surface area contributed by atoms with Crippen molar-refractivity contribution in [2.45, 2.75) is 0 Å². The number of nitro groups is 1. The fourth-order valence-corrected chi connectivity index (χ4v) is 2.22. The normalized spacial score (nSPS) is 14.0. The van der Waals surface area contributed by atoms with Crippen molar-refractivity contribution in [3.8, 4) is 17.6 Å². The molecule has 2 aromatic rings. The van der Waals surface area contributed by atoms with Crippen LogP contribution in [0.25, 0.3) is 6.08 Å². The minimum absolute atomic E-state index is 0.0293. The predicted octanol–water partition coefficient (Wildman–Crippen LogP) is 3.11. The first-order chi connectivity index (χ1) is 11.6. The van der Waals surface area contributed by atoms with Gasteiger partial charge in [0.2, 0.25) is 5.78 Å². The topological polar surface area (TPSA) is 102 Å². The van der Waals surface area contributed by atoms with Gasteiger partial charge in [0.15, 0.2) is 12.4 Å². The van der Waals surface area contributed by atoms with Crippen LogP contribution in [0.2, 0.25) is 0 Å². The lowest BCUT2D eigenvalue weighted by Crippen LogP contribution is -1.98. The Hall–Kier alpha value is -3.66. The number of nitro benzene ring substituents is 1. The molecular weight excluding hydrogens is 312 g/mol. The number of hydrogen-bond acceptors (Lipinski definition) is 6. The summed E-state index contributed by atoms with van der Waals surface area (Å²) in [6, 6.07) is 12.3. The molecule has 1 aliphatic rings.